The number of carbonyl (C=O) groups is 1. The van der Waals surface area contributed by atoms with Crippen LogP contribution in [0, 0.1) is 6.92 Å². The molecule has 5 rings (SSSR count). The summed E-state index contributed by atoms with van der Waals surface area (Å²) in [5.74, 6) is 1.40. The summed E-state index contributed by atoms with van der Waals surface area (Å²) in [5.41, 5.74) is 8.44. The van der Waals surface area contributed by atoms with Gasteiger partial charge in [-0.25, -0.2) is 4.98 Å². The van der Waals surface area contributed by atoms with Crippen LogP contribution >= 0.6 is 0 Å². The van der Waals surface area contributed by atoms with Crippen LogP contribution in [-0.2, 0) is 6.61 Å². The van der Waals surface area contributed by atoms with E-state index in [9.17, 15) is 4.79 Å². The Morgan fingerprint density at radius 3 is 2.75 bits per heavy atom. The molecule has 0 fully saturated rings. The molecule has 3 heterocycles. The maximum atomic E-state index is 12.3. The van der Waals surface area contributed by atoms with Gasteiger partial charge in [-0.15, -0.1) is 10.2 Å². The Bertz CT molecular complexity index is 1440. The quantitative estimate of drug-likeness (QED) is 0.439. The van der Waals surface area contributed by atoms with Gasteiger partial charge in [-0.2, -0.15) is 0 Å². The summed E-state index contributed by atoms with van der Waals surface area (Å²) in [6, 6.07) is 15.3. The van der Waals surface area contributed by atoms with Crippen LogP contribution < -0.4 is 10.5 Å². The second kappa shape index (κ2) is 7.81. The minimum absolute atomic E-state index is 0.293. The van der Waals surface area contributed by atoms with Crippen LogP contribution in [0.25, 0.3) is 16.7 Å². The fourth-order valence-electron chi connectivity index (χ4n) is 4.09. The smallest absolute Gasteiger partial charge is 0.254 e. The van der Waals surface area contributed by atoms with Gasteiger partial charge in [0.25, 0.3) is 11.7 Å². The van der Waals surface area contributed by atoms with E-state index in [4.69, 9.17) is 14.9 Å². The first-order chi connectivity index (χ1) is 15.5. The number of carbonyl (C=O) groups excluding carboxylic acids is 1. The minimum Gasteiger partial charge on any atom is -0.489 e. The van der Waals surface area contributed by atoms with E-state index < -0.39 is 5.91 Å². The Hall–Kier alpha value is -4.20. The molecule has 2 aromatic carbocycles. The molecule has 0 aliphatic carbocycles. The van der Waals surface area contributed by atoms with Crippen LogP contribution in [0.15, 0.2) is 65.3 Å². The first-order valence-electron chi connectivity index (χ1n) is 10.2. The lowest BCUT2D eigenvalue weighted by atomic mass is 9.93. The van der Waals surface area contributed by atoms with Crippen molar-refractivity contribution in [2.45, 2.75) is 26.4 Å². The number of furan rings is 1. The Kier molecular flexibility index (Phi) is 4.82. The van der Waals surface area contributed by atoms with Gasteiger partial charge in [0.1, 0.15) is 29.5 Å². The first kappa shape index (κ1) is 19.7. The number of hydrogen-bond acceptors (Lipinski definition) is 6. The molecule has 3 aromatic heterocycles. The molecule has 160 valence electrons. The third-order valence-electron chi connectivity index (χ3n) is 5.55. The lowest BCUT2D eigenvalue weighted by Crippen LogP contribution is -2.13. The predicted octanol–water partition coefficient (Wildman–Crippen LogP) is 4.01. The highest BCUT2D eigenvalue weighted by Gasteiger charge is 2.28. The topological polar surface area (TPSA) is 109 Å². The number of aromatic nitrogens is 4. The summed E-state index contributed by atoms with van der Waals surface area (Å²) in [6.45, 7) is 4.09. The zero-order valence-electron chi connectivity index (χ0n) is 17.6. The highest BCUT2D eigenvalue weighted by atomic mass is 16.5. The molecule has 0 saturated heterocycles. The van der Waals surface area contributed by atoms with E-state index in [2.05, 4.69) is 15.2 Å². The number of fused-ring (bicyclic) bond motifs is 2. The van der Waals surface area contributed by atoms with Gasteiger partial charge in [0.05, 0.1) is 5.56 Å². The number of ether oxygens (including phenoxy) is 1. The van der Waals surface area contributed by atoms with E-state index in [1.54, 1.807) is 19.2 Å². The molecule has 0 radical (unpaired) electrons. The summed E-state index contributed by atoms with van der Waals surface area (Å²) < 4.78 is 13.9. The lowest BCUT2D eigenvalue weighted by Gasteiger charge is -2.18. The molecule has 2 N–H and O–H groups in total. The highest BCUT2D eigenvalue weighted by molar-refractivity contribution is 6.08. The zero-order valence-corrected chi connectivity index (χ0v) is 17.6. The molecule has 0 aliphatic rings. The first-order valence-corrected chi connectivity index (χ1v) is 10.2. The van der Waals surface area contributed by atoms with Crippen LogP contribution in [0.2, 0.25) is 0 Å². The third kappa shape index (κ3) is 3.26. The predicted molar refractivity (Wildman–Crippen MR) is 119 cm³/mol. The molecule has 0 saturated carbocycles. The van der Waals surface area contributed by atoms with E-state index in [1.165, 1.54) is 0 Å². The van der Waals surface area contributed by atoms with Crippen LogP contribution in [-0.4, -0.2) is 25.5 Å². The number of benzene rings is 2. The van der Waals surface area contributed by atoms with E-state index in [-0.39, 0.29) is 5.92 Å². The van der Waals surface area contributed by atoms with Gasteiger partial charge in [-0.3, -0.25) is 9.20 Å². The molecule has 32 heavy (non-hydrogen) atoms. The van der Waals surface area contributed by atoms with Crippen molar-refractivity contribution in [1.29, 1.82) is 0 Å². The van der Waals surface area contributed by atoms with Crippen molar-refractivity contribution in [3.8, 4) is 5.75 Å². The number of primary amides is 1. The van der Waals surface area contributed by atoms with Crippen molar-refractivity contribution in [3.05, 3.63) is 89.2 Å². The van der Waals surface area contributed by atoms with Gasteiger partial charge < -0.3 is 14.9 Å². The number of rotatable bonds is 6. The lowest BCUT2D eigenvalue weighted by molar-refractivity contribution is 0.1000. The van der Waals surface area contributed by atoms with E-state index >= 15 is 0 Å². The van der Waals surface area contributed by atoms with Crippen LogP contribution in [0.1, 0.15) is 45.9 Å². The number of aryl methyl sites for hydroxylation is 1. The number of nitrogens with zero attached hydrogens (tertiary/aromatic N) is 4. The number of amides is 1. The molecule has 8 heteroatoms. The Morgan fingerprint density at radius 2 is 1.97 bits per heavy atom. The van der Waals surface area contributed by atoms with Crippen molar-refractivity contribution in [2.24, 2.45) is 5.73 Å². The molecule has 1 amide bonds. The average molecular weight is 427 g/mol. The van der Waals surface area contributed by atoms with Gasteiger partial charge in [0, 0.05) is 29.3 Å². The van der Waals surface area contributed by atoms with Crippen molar-refractivity contribution < 1.29 is 13.9 Å². The van der Waals surface area contributed by atoms with E-state index in [0.717, 1.165) is 11.1 Å². The molecule has 0 aliphatic heterocycles. The molecular formula is C24H21N5O3. The van der Waals surface area contributed by atoms with Gasteiger partial charge in [-0.1, -0.05) is 37.3 Å². The summed E-state index contributed by atoms with van der Waals surface area (Å²) in [4.78, 5) is 16.6. The molecular weight excluding hydrogens is 406 g/mol. The standard InChI is InChI=1S/C24H21N5O3/c1-14(23-27-28-24-26-11-6-12-29(23)24)19-17(31-13-16-7-4-3-5-8-16)9-10-18-21(19)20(22(25)30)15(2)32-18/h3-12,14H,13H2,1-2H3,(H2,25,30). The van der Waals surface area contributed by atoms with Gasteiger partial charge in [-0.05, 0) is 30.7 Å². The third-order valence-corrected chi connectivity index (χ3v) is 5.55. The normalized spacial score (nSPS) is 12.3. The second-order valence-corrected chi connectivity index (χ2v) is 7.59. The largest absolute Gasteiger partial charge is 0.489 e. The van der Waals surface area contributed by atoms with Gasteiger partial charge in [0.15, 0.2) is 0 Å². The van der Waals surface area contributed by atoms with Crippen molar-refractivity contribution in [2.75, 3.05) is 0 Å². The Balaban J connectivity index is 1.70. The Labute approximate surface area is 183 Å². The molecule has 1 atom stereocenters. The number of nitrogens with two attached hydrogens (primary N) is 1. The fraction of sp³-hybridized carbons (Fsp3) is 0.167. The van der Waals surface area contributed by atoms with Crippen molar-refractivity contribution in [1.82, 2.24) is 19.6 Å². The van der Waals surface area contributed by atoms with E-state index in [0.29, 0.717) is 46.3 Å². The van der Waals surface area contributed by atoms with Crippen molar-refractivity contribution >= 4 is 22.7 Å². The molecule has 8 nitrogen and oxygen atoms in total. The molecule has 5 aromatic rings. The molecule has 0 bridgehead atoms. The number of hydrogen-bond donors (Lipinski definition) is 1. The van der Waals surface area contributed by atoms with Crippen molar-refractivity contribution in [3.63, 3.8) is 0 Å². The molecule has 1 unspecified atom stereocenters. The Morgan fingerprint density at radius 1 is 1.16 bits per heavy atom. The summed E-state index contributed by atoms with van der Waals surface area (Å²) in [7, 11) is 0. The van der Waals surface area contributed by atoms with Crippen LogP contribution in [0.4, 0.5) is 0 Å². The zero-order chi connectivity index (χ0) is 22.2. The van der Waals surface area contributed by atoms with Gasteiger partial charge in [0.2, 0.25) is 0 Å². The average Bonchev–Trinajstić information content (AvgIpc) is 3.38. The summed E-state index contributed by atoms with van der Waals surface area (Å²) in [6.07, 6.45) is 3.52. The summed E-state index contributed by atoms with van der Waals surface area (Å²) in [5, 5.41) is 9.18. The maximum Gasteiger partial charge on any atom is 0.254 e. The van der Waals surface area contributed by atoms with Crippen LogP contribution in [0.5, 0.6) is 5.75 Å². The second-order valence-electron chi connectivity index (χ2n) is 7.59. The van der Waals surface area contributed by atoms with Crippen LogP contribution in [0.3, 0.4) is 0 Å². The molecule has 0 spiro atoms. The maximum absolute atomic E-state index is 12.3. The monoisotopic (exact) mass is 427 g/mol. The SMILES string of the molecule is Cc1oc2ccc(OCc3ccccc3)c(C(C)c3nnc4ncccn34)c2c1C(N)=O. The van der Waals surface area contributed by atoms with Gasteiger partial charge >= 0.3 is 0 Å². The fourth-order valence-corrected chi connectivity index (χ4v) is 4.09. The highest BCUT2D eigenvalue weighted by Crippen LogP contribution is 2.41. The minimum atomic E-state index is -0.553. The summed E-state index contributed by atoms with van der Waals surface area (Å²) >= 11 is 0. The van der Waals surface area contributed by atoms with E-state index in [1.807, 2.05) is 60.0 Å².